The summed E-state index contributed by atoms with van der Waals surface area (Å²) in [6.07, 6.45) is 0. The third-order valence-electron chi connectivity index (χ3n) is 2.73. The normalized spacial score (nSPS) is 11.8. The highest BCUT2D eigenvalue weighted by Crippen LogP contribution is 2.39. The summed E-state index contributed by atoms with van der Waals surface area (Å²) >= 11 is 0. The molecule has 2 aromatic rings. The standard InChI is InChI=1S/C13H13F2NO/c1-17-11-7-6-9-4-2-3-5-10(9)12(11)13(14,15)8-16/h2-7H,8,16H2,1H3. The van der Waals surface area contributed by atoms with Gasteiger partial charge >= 0.3 is 0 Å². The Kier molecular flexibility index (Phi) is 2.98. The van der Waals surface area contributed by atoms with E-state index in [4.69, 9.17) is 10.5 Å². The van der Waals surface area contributed by atoms with Crippen LogP contribution in [0.1, 0.15) is 5.56 Å². The van der Waals surface area contributed by atoms with E-state index in [1.54, 1.807) is 36.4 Å². The molecule has 0 unspecified atom stereocenters. The average Bonchev–Trinajstić information content (AvgIpc) is 2.37. The predicted molar refractivity (Wildman–Crippen MR) is 63.4 cm³/mol. The molecular weight excluding hydrogens is 224 g/mol. The van der Waals surface area contributed by atoms with E-state index in [1.165, 1.54) is 7.11 Å². The molecule has 90 valence electrons. The lowest BCUT2D eigenvalue weighted by Crippen LogP contribution is -2.26. The second-order valence-corrected chi connectivity index (χ2v) is 3.77. The molecule has 0 aliphatic rings. The number of methoxy groups -OCH3 is 1. The van der Waals surface area contributed by atoms with Crippen LogP contribution >= 0.6 is 0 Å². The van der Waals surface area contributed by atoms with Crippen LogP contribution in [0.4, 0.5) is 8.78 Å². The van der Waals surface area contributed by atoms with Crippen molar-refractivity contribution in [2.75, 3.05) is 13.7 Å². The molecule has 0 saturated heterocycles. The van der Waals surface area contributed by atoms with Crippen molar-refractivity contribution in [2.24, 2.45) is 5.73 Å². The number of halogens is 2. The molecule has 0 radical (unpaired) electrons. The molecule has 0 fully saturated rings. The number of hydrogen-bond donors (Lipinski definition) is 1. The number of rotatable bonds is 3. The number of fused-ring (bicyclic) bond motifs is 1. The highest BCUT2D eigenvalue weighted by Gasteiger charge is 2.34. The molecule has 0 heterocycles. The number of nitrogens with two attached hydrogens (primary N) is 1. The van der Waals surface area contributed by atoms with Crippen LogP contribution in [0, 0.1) is 0 Å². The van der Waals surface area contributed by atoms with Crippen LogP contribution in [-0.4, -0.2) is 13.7 Å². The largest absolute Gasteiger partial charge is 0.496 e. The third-order valence-corrected chi connectivity index (χ3v) is 2.73. The molecule has 0 spiro atoms. The Morgan fingerprint density at radius 3 is 2.53 bits per heavy atom. The van der Waals surface area contributed by atoms with Gasteiger partial charge in [0.15, 0.2) is 0 Å². The maximum absolute atomic E-state index is 13.9. The lowest BCUT2D eigenvalue weighted by molar-refractivity contribution is 0.00534. The first-order valence-corrected chi connectivity index (χ1v) is 5.24. The first-order valence-electron chi connectivity index (χ1n) is 5.24. The van der Waals surface area contributed by atoms with E-state index < -0.39 is 12.5 Å². The second-order valence-electron chi connectivity index (χ2n) is 3.77. The van der Waals surface area contributed by atoms with E-state index in [9.17, 15) is 8.78 Å². The fourth-order valence-electron chi connectivity index (χ4n) is 1.90. The second kappa shape index (κ2) is 4.30. The zero-order valence-electron chi connectivity index (χ0n) is 9.41. The van der Waals surface area contributed by atoms with Gasteiger partial charge in [-0.05, 0) is 16.8 Å². The minimum absolute atomic E-state index is 0.138. The molecule has 0 atom stereocenters. The van der Waals surface area contributed by atoms with Gasteiger partial charge in [0, 0.05) is 0 Å². The minimum atomic E-state index is -3.09. The van der Waals surface area contributed by atoms with Crippen LogP contribution in [0.15, 0.2) is 36.4 Å². The monoisotopic (exact) mass is 237 g/mol. The van der Waals surface area contributed by atoms with E-state index >= 15 is 0 Å². The first kappa shape index (κ1) is 11.8. The Balaban J connectivity index is 2.80. The fourth-order valence-corrected chi connectivity index (χ4v) is 1.90. The van der Waals surface area contributed by atoms with Gasteiger partial charge in [0.05, 0.1) is 19.2 Å². The Bertz CT molecular complexity index is 540. The lowest BCUT2D eigenvalue weighted by Gasteiger charge is -2.19. The van der Waals surface area contributed by atoms with Crippen LogP contribution < -0.4 is 10.5 Å². The van der Waals surface area contributed by atoms with Gasteiger partial charge in [0.1, 0.15) is 5.75 Å². The minimum Gasteiger partial charge on any atom is -0.496 e. The molecule has 2 rings (SSSR count). The highest BCUT2D eigenvalue weighted by molar-refractivity contribution is 5.88. The van der Waals surface area contributed by atoms with Crippen molar-refractivity contribution in [3.8, 4) is 5.75 Å². The van der Waals surface area contributed by atoms with Crippen molar-refractivity contribution in [3.63, 3.8) is 0 Å². The molecule has 0 saturated carbocycles. The Morgan fingerprint density at radius 2 is 1.88 bits per heavy atom. The summed E-state index contributed by atoms with van der Waals surface area (Å²) in [7, 11) is 1.38. The smallest absolute Gasteiger partial charge is 0.289 e. The van der Waals surface area contributed by atoms with Gasteiger partial charge < -0.3 is 10.5 Å². The molecule has 0 aliphatic heterocycles. The number of hydrogen-bond acceptors (Lipinski definition) is 2. The van der Waals surface area contributed by atoms with Crippen molar-refractivity contribution in [3.05, 3.63) is 42.0 Å². The molecule has 2 nitrogen and oxygen atoms in total. The van der Waals surface area contributed by atoms with E-state index in [1.807, 2.05) is 0 Å². The Morgan fingerprint density at radius 1 is 1.18 bits per heavy atom. The number of ether oxygens (including phenoxy) is 1. The van der Waals surface area contributed by atoms with E-state index in [2.05, 4.69) is 0 Å². The van der Waals surface area contributed by atoms with Crippen molar-refractivity contribution in [1.82, 2.24) is 0 Å². The maximum atomic E-state index is 13.9. The lowest BCUT2D eigenvalue weighted by atomic mass is 9.98. The summed E-state index contributed by atoms with van der Waals surface area (Å²) in [5, 5.41) is 1.22. The molecule has 2 aromatic carbocycles. The Labute approximate surface area is 98.0 Å². The van der Waals surface area contributed by atoms with Gasteiger partial charge in [-0.3, -0.25) is 0 Å². The summed E-state index contributed by atoms with van der Waals surface area (Å²) in [4.78, 5) is 0. The van der Waals surface area contributed by atoms with Crippen LogP contribution in [0.25, 0.3) is 10.8 Å². The summed E-state index contributed by atoms with van der Waals surface area (Å²) in [6.45, 7) is -0.739. The van der Waals surface area contributed by atoms with Gasteiger partial charge in [0.2, 0.25) is 0 Å². The SMILES string of the molecule is COc1ccc2ccccc2c1C(F)(F)CN. The first-order chi connectivity index (χ1) is 8.10. The van der Waals surface area contributed by atoms with Crippen molar-refractivity contribution in [2.45, 2.75) is 5.92 Å². The molecular formula is C13H13F2NO. The van der Waals surface area contributed by atoms with Crippen molar-refractivity contribution < 1.29 is 13.5 Å². The molecule has 4 heteroatoms. The van der Waals surface area contributed by atoms with Crippen molar-refractivity contribution in [1.29, 1.82) is 0 Å². The summed E-state index contributed by atoms with van der Waals surface area (Å²) in [5.74, 6) is -2.93. The van der Waals surface area contributed by atoms with Crippen molar-refractivity contribution >= 4 is 10.8 Å². The highest BCUT2D eigenvalue weighted by atomic mass is 19.3. The molecule has 17 heavy (non-hydrogen) atoms. The van der Waals surface area contributed by atoms with Crippen LogP contribution in [-0.2, 0) is 5.92 Å². The number of benzene rings is 2. The van der Waals surface area contributed by atoms with Gasteiger partial charge in [0.25, 0.3) is 5.92 Å². The molecule has 0 aromatic heterocycles. The van der Waals surface area contributed by atoms with Crippen LogP contribution in [0.3, 0.4) is 0 Å². The van der Waals surface area contributed by atoms with Gasteiger partial charge in [-0.1, -0.05) is 30.3 Å². The van der Waals surface area contributed by atoms with Gasteiger partial charge in [-0.2, -0.15) is 8.78 Å². The Hall–Kier alpha value is -1.68. The predicted octanol–water partition coefficient (Wildman–Crippen LogP) is 2.90. The van der Waals surface area contributed by atoms with Gasteiger partial charge in [-0.15, -0.1) is 0 Å². The molecule has 0 bridgehead atoms. The number of alkyl halides is 2. The summed E-state index contributed by atoms with van der Waals surface area (Å²) < 4.78 is 32.7. The van der Waals surface area contributed by atoms with E-state index in [0.29, 0.717) is 5.39 Å². The zero-order chi connectivity index (χ0) is 12.5. The molecule has 0 aliphatic carbocycles. The third kappa shape index (κ3) is 1.96. The van der Waals surface area contributed by atoms with Gasteiger partial charge in [-0.25, -0.2) is 0 Å². The van der Waals surface area contributed by atoms with E-state index in [-0.39, 0.29) is 11.3 Å². The quantitative estimate of drug-likeness (QED) is 0.890. The van der Waals surface area contributed by atoms with Crippen LogP contribution in [0.2, 0.25) is 0 Å². The fraction of sp³-hybridized carbons (Fsp3) is 0.231. The van der Waals surface area contributed by atoms with Crippen LogP contribution in [0.5, 0.6) is 5.75 Å². The maximum Gasteiger partial charge on any atom is 0.289 e. The topological polar surface area (TPSA) is 35.2 Å². The summed E-state index contributed by atoms with van der Waals surface area (Å²) in [5.41, 5.74) is 5.01. The van der Waals surface area contributed by atoms with E-state index in [0.717, 1.165) is 5.39 Å². The molecule has 0 amide bonds. The molecule has 2 N–H and O–H groups in total. The average molecular weight is 237 g/mol. The summed E-state index contributed by atoms with van der Waals surface area (Å²) in [6, 6.07) is 10.3. The zero-order valence-corrected chi connectivity index (χ0v) is 9.41.